The minimum atomic E-state index is 0.169. The Labute approximate surface area is 128 Å². The van der Waals surface area contributed by atoms with Crippen LogP contribution in [0.3, 0.4) is 0 Å². The summed E-state index contributed by atoms with van der Waals surface area (Å²) in [4.78, 5) is 2.43. The Balaban J connectivity index is 1.80. The fourth-order valence-electron chi connectivity index (χ4n) is 2.77. The van der Waals surface area contributed by atoms with Crippen LogP contribution in [0.1, 0.15) is 23.0 Å². The van der Waals surface area contributed by atoms with Crippen molar-refractivity contribution < 1.29 is 4.74 Å². The topological polar surface area (TPSA) is 43.2 Å². The van der Waals surface area contributed by atoms with Crippen molar-refractivity contribution in [3.8, 4) is 0 Å². The lowest BCUT2D eigenvalue weighted by atomic mass is 10.0. The number of aromatic nitrogens is 3. The van der Waals surface area contributed by atoms with E-state index in [1.807, 2.05) is 11.7 Å². The van der Waals surface area contributed by atoms with E-state index in [0.29, 0.717) is 13.2 Å². The molecule has 0 amide bonds. The zero-order valence-corrected chi connectivity index (χ0v) is 13.1. The molecule has 3 heterocycles. The molecule has 6 heteroatoms. The van der Waals surface area contributed by atoms with Crippen molar-refractivity contribution in [2.75, 3.05) is 19.8 Å². The molecular formula is C15H20N4OS. The van der Waals surface area contributed by atoms with Gasteiger partial charge in [-0.2, -0.15) is 11.3 Å². The van der Waals surface area contributed by atoms with Gasteiger partial charge in [-0.05, 0) is 22.4 Å². The van der Waals surface area contributed by atoms with Gasteiger partial charge in [0.1, 0.15) is 5.69 Å². The molecule has 1 atom stereocenters. The van der Waals surface area contributed by atoms with Crippen LogP contribution in [0.25, 0.3) is 0 Å². The zero-order valence-electron chi connectivity index (χ0n) is 12.2. The maximum absolute atomic E-state index is 5.70. The largest absolute Gasteiger partial charge is 0.375 e. The Bertz CT molecular complexity index is 593. The number of fused-ring (bicyclic) bond motifs is 1. The number of hydrogen-bond acceptors (Lipinski definition) is 5. The fraction of sp³-hybridized carbons (Fsp3) is 0.467. The Hall–Kier alpha value is -1.50. The average molecular weight is 304 g/mol. The third kappa shape index (κ3) is 3.07. The summed E-state index contributed by atoms with van der Waals surface area (Å²) < 4.78 is 7.59. The third-order valence-electron chi connectivity index (χ3n) is 3.84. The number of ether oxygens (including phenoxy) is 1. The van der Waals surface area contributed by atoms with Crippen LogP contribution in [0.2, 0.25) is 0 Å². The number of hydrogen-bond donors (Lipinski definition) is 0. The van der Waals surface area contributed by atoms with Crippen molar-refractivity contribution in [3.05, 3.63) is 46.4 Å². The zero-order chi connectivity index (χ0) is 14.7. The van der Waals surface area contributed by atoms with Gasteiger partial charge in [-0.3, -0.25) is 9.58 Å². The van der Waals surface area contributed by atoms with Gasteiger partial charge in [-0.1, -0.05) is 11.3 Å². The highest BCUT2D eigenvalue weighted by Crippen LogP contribution is 2.29. The molecule has 0 N–H and O–H groups in total. The van der Waals surface area contributed by atoms with E-state index in [1.54, 1.807) is 17.4 Å². The predicted octanol–water partition coefficient (Wildman–Crippen LogP) is 2.18. The van der Waals surface area contributed by atoms with Crippen LogP contribution in [-0.2, 0) is 24.8 Å². The fourth-order valence-corrected chi connectivity index (χ4v) is 3.43. The molecule has 5 nitrogen and oxygen atoms in total. The Morgan fingerprint density at radius 2 is 2.48 bits per heavy atom. The second kappa shape index (κ2) is 6.51. The normalized spacial score (nSPS) is 18.6. The van der Waals surface area contributed by atoms with Crippen LogP contribution < -0.4 is 0 Å². The first kappa shape index (κ1) is 14.4. The molecule has 1 aliphatic rings. The molecule has 2 aromatic heterocycles. The summed E-state index contributed by atoms with van der Waals surface area (Å²) in [5, 5.41) is 12.9. The quantitative estimate of drug-likeness (QED) is 0.606. The predicted molar refractivity (Wildman–Crippen MR) is 83.2 cm³/mol. The van der Waals surface area contributed by atoms with E-state index in [9.17, 15) is 0 Å². The van der Waals surface area contributed by atoms with Crippen LogP contribution in [-0.4, -0.2) is 39.7 Å². The lowest BCUT2D eigenvalue weighted by Crippen LogP contribution is -2.38. The molecule has 0 aliphatic carbocycles. The molecule has 112 valence electrons. The summed E-state index contributed by atoms with van der Waals surface area (Å²) in [6, 6.07) is 2.35. The maximum Gasteiger partial charge on any atom is 0.105 e. The van der Waals surface area contributed by atoms with E-state index in [2.05, 4.69) is 38.6 Å². The van der Waals surface area contributed by atoms with Crippen LogP contribution >= 0.6 is 11.3 Å². The number of thiophene rings is 1. The Kier molecular flexibility index (Phi) is 4.48. The van der Waals surface area contributed by atoms with E-state index in [0.717, 1.165) is 25.2 Å². The highest BCUT2D eigenvalue weighted by Gasteiger charge is 2.31. The first-order valence-electron chi connectivity index (χ1n) is 7.12. The van der Waals surface area contributed by atoms with Crippen molar-refractivity contribution in [2.24, 2.45) is 7.05 Å². The molecule has 0 spiro atoms. The van der Waals surface area contributed by atoms with Crippen LogP contribution in [0.4, 0.5) is 0 Å². The minimum Gasteiger partial charge on any atom is -0.375 e. The van der Waals surface area contributed by atoms with Crippen molar-refractivity contribution in [1.29, 1.82) is 0 Å². The van der Waals surface area contributed by atoms with Gasteiger partial charge < -0.3 is 4.74 Å². The molecule has 1 unspecified atom stereocenters. The van der Waals surface area contributed by atoms with Gasteiger partial charge in [0.25, 0.3) is 0 Å². The summed E-state index contributed by atoms with van der Waals surface area (Å²) in [5.41, 5.74) is 3.63. The third-order valence-corrected chi connectivity index (χ3v) is 4.57. The van der Waals surface area contributed by atoms with E-state index in [4.69, 9.17) is 4.74 Å². The van der Waals surface area contributed by atoms with Crippen LogP contribution in [0, 0.1) is 0 Å². The minimum absolute atomic E-state index is 0.169. The molecule has 0 bridgehead atoms. The SMILES string of the molecule is C=CCOCC1c2nnn(C)c2CCN1Cc1ccsc1. The van der Waals surface area contributed by atoms with Gasteiger partial charge in [0.2, 0.25) is 0 Å². The lowest BCUT2D eigenvalue weighted by Gasteiger charge is -2.34. The van der Waals surface area contributed by atoms with E-state index in [-0.39, 0.29) is 6.04 Å². The molecular weight excluding hydrogens is 284 g/mol. The summed E-state index contributed by atoms with van der Waals surface area (Å²) in [6.07, 6.45) is 2.77. The number of aryl methyl sites for hydroxylation is 1. The first-order chi connectivity index (χ1) is 10.3. The van der Waals surface area contributed by atoms with Crippen LogP contribution in [0.15, 0.2) is 29.5 Å². The summed E-state index contributed by atoms with van der Waals surface area (Å²) in [7, 11) is 1.96. The molecule has 0 saturated carbocycles. The van der Waals surface area contributed by atoms with Gasteiger partial charge in [-0.15, -0.1) is 11.7 Å². The summed E-state index contributed by atoms with van der Waals surface area (Å²) in [5.74, 6) is 0. The smallest absolute Gasteiger partial charge is 0.105 e. The maximum atomic E-state index is 5.70. The van der Waals surface area contributed by atoms with Gasteiger partial charge in [0.05, 0.1) is 24.9 Å². The highest BCUT2D eigenvalue weighted by molar-refractivity contribution is 7.07. The Morgan fingerprint density at radius 1 is 1.57 bits per heavy atom. The van der Waals surface area contributed by atoms with Crippen LogP contribution in [0.5, 0.6) is 0 Å². The van der Waals surface area contributed by atoms with Gasteiger partial charge in [-0.25, -0.2) is 0 Å². The monoisotopic (exact) mass is 304 g/mol. The van der Waals surface area contributed by atoms with Crippen molar-refractivity contribution >= 4 is 11.3 Å². The van der Waals surface area contributed by atoms with E-state index in [1.165, 1.54) is 11.3 Å². The van der Waals surface area contributed by atoms with Crippen molar-refractivity contribution in [2.45, 2.75) is 19.0 Å². The Morgan fingerprint density at radius 3 is 3.24 bits per heavy atom. The molecule has 2 aromatic rings. The number of nitrogens with zero attached hydrogens (tertiary/aromatic N) is 4. The van der Waals surface area contributed by atoms with Gasteiger partial charge in [0, 0.05) is 26.6 Å². The summed E-state index contributed by atoms with van der Waals surface area (Å²) >= 11 is 1.74. The molecule has 0 radical (unpaired) electrons. The van der Waals surface area contributed by atoms with Gasteiger partial charge in [0.15, 0.2) is 0 Å². The molecule has 0 fully saturated rings. The van der Waals surface area contributed by atoms with Gasteiger partial charge >= 0.3 is 0 Å². The second-order valence-electron chi connectivity index (χ2n) is 5.24. The van der Waals surface area contributed by atoms with E-state index < -0.39 is 0 Å². The highest BCUT2D eigenvalue weighted by atomic mass is 32.1. The molecule has 0 aromatic carbocycles. The second-order valence-corrected chi connectivity index (χ2v) is 6.02. The lowest BCUT2D eigenvalue weighted by molar-refractivity contribution is 0.0600. The first-order valence-corrected chi connectivity index (χ1v) is 8.06. The molecule has 0 saturated heterocycles. The number of rotatable bonds is 6. The van der Waals surface area contributed by atoms with E-state index >= 15 is 0 Å². The van der Waals surface area contributed by atoms with Crippen molar-refractivity contribution in [3.63, 3.8) is 0 Å². The molecule has 21 heavy (non-hydrogen) atoms. The summed E-state index contributed by atoms with van der Waals surface area (Å²) in [6.45, 7) is 6.84. The molecule has 3 rings (SSSR count). The average Bonchev–Trinajstić information content (AvgIpc) is 3.11. The van der Waals surface area contributed by atoms with Crippen molar-refractivity contribution in [1.82, 2.24) is 19.9 Å². The molecule has 1 aliphatic heterocycles. The standard InChI is InChI=1S/C15H20N4OS/c1-3-7-20-10-14-15-13(18(2)17-16-15)4-6-19(14)9-12-5-8-21-11-12/h3,5,8,11,14H,1,4,6-7,9-10H2,2H3.